The number of carbonyl (C=O) groups is 1. The van der Waals surface area contributed by atoms with Crippen molar-refractivity contribution in [3.63, 3.8) is 0 Å². The Morgan fingerprint density at radius 2 is 1.92 bits per heavy atom. The molecule has 1 aliphatic carbocycles. The summed E-state index contributed by atoms with van der Waals surface area (Å²) in [5.74, 6) is 0.747. The number of carbonyl (C=O) groups excluding carboxylic acids is 1. The summed E-state index contributed by atoms with van der Waals surface area (Å²) in [6.07, 6.45) is 5.61. The number of amides is 1. The minimum absolute atomic E-state index is 0.279. The largest absolute Gasteiger partial charge is 0.335 e. The van der Waals surface area contributed by atoms with Crippen LogP contribution in [0, 0.1) is 5.92 Å². The third kappa shape index (κ3) is 3.54. The van der Waals surface area contributed by atoms with Crippen LogP contribution in [0.3, 0.4) is 0 Å². The Labute approximate surface area is 155 Å². The van der Waals surface area contributed by atoms with E-state index in [0.29, 0.717) is 24.8 Å². The summed E-state index contributed by atoms with van der Waals surface area (Å²) in [5, 5.41) is 4.50. The first-order valence-corrected chi connectivity index (χ1v) is 9.62. The maximum Gasteiger partial charge on any atom is 0.223 e. The van der Waals surface area contributed by atoms with Crippen molar-refractivity contribution in [2.45, 2.75) is 38.3 Å². The van der Waals surface area contributed by atoms with E-state index in [1.54, 1.807) is 0 Å². The van der Waals surface area contributed by atoms with Gasteiger partial charge in [0.2, 0.25) is 5.91 Å². The molecule has 2 aromatic rings. The van der Waals surface area contributed by atoms with Crippen LogP contribution in [0.2, 0.25) is 0 Å². The first kappa shape index (κ1) is 17.3. The highest BCUT2D eigenvalue weighted by molar-refractivity contribution is 5.76. The van der Waals surface area contributed by atoms with Gasteiger partial charge in [0.1, 0.15) is 0 Å². The van der Waals surface area contributed by atoms with Crippen LogP contribution in [0.4, 0.5) is 0 Å². The number of nitrogens with zero attached hydrogens (tertiary/aromatic N) is 4. The van der Waals surface area contributed by atoms with Crippen LogP contribution in [0.25, 0.3) is 0 Å². The molecule has 138 valence electrons. The standard InChI is InChI=1S/C21H28N4O/c1-23(2)10-8-20-15-24(14-19-7-9-22-25(19)20)21(26)13-16-11-17-5-3-4-6-18(17)12-16/h3-7,9,16,20H,8,10-15H2,1-2H3. The molecule has 1 amide bonds. The monoisotopic (exact) mass is 352 g/mol. The number of hydrogen-bond acceptors (Lipinski definition) is 3. The van der Waals surface area contributed by atoms with Crippen molar-refractivity contribution >= 4 is 5.91 Å². The summed E-state index contributed by atoms with van der Waals surface area (Å²) in [6.45, 7) is 2.47. The molecule has 1 unspecified atom stereocenters. The Morgan fingerprint density at radius 3 is 2.62 bits per heavy atom. The molecule has 0 bridgehead atoms. The van der Waals surface area contributed by atoms with Crippen molar-refractivity contribution in [1.29, 1.82) is 0 Å². The Bertz CT molecular complexity index is 757. The second kappa shape index (κ2) is 7.23. The van der Waals surface area contributed by atoms with Gasteiger partial charge in [-0.15, -0.1) is 0 Å². The molecule has 5 heteroatoms. The average molecular weight is 352 g/mol. The first-order chi connectivity index (χ1) is 12.6. The molecule has 0 saturated carbocycles. The number of fused-ring (bicyclic) bond motifs is 2. The number of hydrogen-bond donors (Lipinski definition) is 0. The van der Waals surface area contributed by atoms with Crippen molar-refractivity contribution < 1.29 is 4.79 Å². The summed E-state index contributed by atoms with van der Waals surface area (Å²) >= 11 is 0. The van der Waals surface area contributed by atoms with Gasteiger partial charge < -0.3 is 9.80 Å². The summed E-state index contributed by atoms with van der Waals surface area (Å²) in [5.41, 5.74) is 4.00. The van der Waals surface area contributed by atoms with Crippen molar-refractivity contribution in [2.75, 3.05) is 27.2 Å². The molecule has 26 heavy (non-hydrogen) atoms. The molecule has 2 aliphatic rings. The van der Waals surface area contributed by atoms with E-state index in [-0.39, 0.29) is 6.04 Å². The van der Waals surface area contributed by atoms with Crippen molar-refractivity contribution in [3.8, 4) is 0 Å². The van der Waals surface area contributed by atoms with E-state index in [1.165, 1.54) is 11.1 Å². The summed E-state index contributed by atoms with van der Waals surface area (Å²) in [4.78, 5) is 17.3. The highest BCUT2D eigenvalue weighted by atomic mass is 16.2. The normalized spacial score (nSPS) is 19.7. The molecule has 4 rings (SSSR count). The van der Waals surface area contributed by atoms with Crippen LogP contribution in [0.5, 0.6) is 0 Å². The van der Waals surface area contributed by atoms with Crippen LogP contribution in [0.1, 0.15) is 35.7 Å². The van der Waals surface area contributed by atoms with Crippen LogP contribution in [-0.4, -0.2) is 52.7 Å². The third-order valence-electron chi connectivity index (χ3n) is 5.74. The van der Waals surface area contributed by atoms with Gasteiger partial charge in [-0.1, -0.05) is 24.3 Å². The van der Waals surface area contributed by atoms with Crippen LogP contribution < -0.4 is 0 Å². The van der Waals surface area contributed by atoms with Gasteiger partial charge in [-0.05, 0) is 63.0 Å². The lowest BCUT2D eigenvalue weighted by Crippen LogP contribution is -2.42. The van der Waals surface area contributed by atoms with Crippen molar-refractivity contribution in [1.82, 2.24) is 19.6 Å². The highest BCUT2D eigenvalue weighted by Crippen LogP contribution is 2.30. The molecule has 1 atom stereocenters. The first-order valence-electron chi connectivity index (χ1n) is 9.62. The number of benzene rings is 1. The van der Waals surface area contributed by atoms with Gasteiger partial charge in [0, 0.05) is 19.2 Å². The molecule has 1 aliphatic heterocycles. The fourth-order valence-corrected chi connectivity index (χ4v) is 4.37. The Hall–Kier alpha value is -2.14. The molecule has 0 spiro atoms. The molecule has 0 fully saturated rings. The molecule has 0 radical (unpaired) electrons. The lowest BCUT2D eigenvalue weighted by atomic mass is 10.0. The maximum atomic E-state index is 13.0. The zero-order chi connectivity index (χ0) is 18.1. The second-order valence-electron chi connectivity index (χ2n) is 8.03. The Morgan fingerprint density at radius 1 is 1.19 bits per heavy atom. The minimum atomic E-state index is 0.279. The van der Waals surface area contributed by atoms with Gasteiger partial charge in [-0.2, -0.15) is 5.10 Å². The SMILES string of the molecule is CN(C)CCC1CN(C(=O)CC2Cc3ccccc3C2)Cc2ccnn21. The molecule has 0 N–H and O–H groups in total. The average Bonchev–Trinajstić information content (AvgIpc) is 3.25. The lowest BCUT2D eigenvalue weighted by molar-refractivity contribution is -0.134. The van der Waals surface area contributed by atoms with Crippen LogP contribution in [0.15, 0.2) is 36.5 Å². The van der Waals surface area contributed by atoms with Gasteiger partial charge >= 0.3 is 0 Å². The van der Waals surface area contributed by atoms with Crippen LogP contribution >= 0.6 is 0 Å². The quantitative estimate of drug-likeness (QED) is 0.830. The topological polar surface area (TPSA) is 41.4 Å². The summed E-state index contributed by atoms with van der Waals surface area (Å²) in [7, 11) is 4.18. The van der Waals surface area contributed by atoms with Gasteiger partial charge in [0.05, 0.1) is 18.3 Å². The maximum absolute atomic E-state index is 13.0. The molecular weight excluding hydrogens is 324 g/mol. The predicted molar refractivity (Wildman–Crippen MR) is 102 cm³/mol. The molecule has 1 aromatic heterocycles. The summed E-state index contributed by atoms with van der Waals surface area (Å²) in [6, 6.07) is 10.9. The van der Waals surface area contributed by atoms with Gasteiger partial charge in [0.25, 0.3) is 0 Å². The van der Waals surface area contributed by atoms with Crippen molar-refractivity contribution in [2.24, 2.45) is 5.92 Å². The Balaban J connectivity index is 1.41. The highest BCUT2D eigenvalue weighted by Gasteiger charge is 2.31. The van der Waals surface area contributed by atoms with E-state index in [2.05, 4.69) is 57.9 Å². The number of aromatic nitrogens is 2. The zero-order valence-electron chi connectivity index (χ0n) is 15.8. The minimum Gasteiger partial charge on any atom is -0.335 e. The van der Waals surface area contributed by atoms with E-state index in [0.717, 1.165) is 38.0 Å². The van der Waals surface area contributed by atoms with Gasteiger partial charge in [0.15, 0.2) is 0 Å². The van der Waals surface area contributed by atoms with Crippen molar-refractivity contribution in [3.05, 3.63) is 53.3 Å². The smallest absolute Gasteiger partial charge is 0.223 e. The molecule has 5 nitrogen and oxygen atoms in total. The fourth-order valence-electron chi connectivity index (χ4n) is 4.37. The van der Waals surface area contributed by atoms with Crippen LogP contribution in [-0.2, 0) is 24.2 Å². The lowest BCUT2D eigenvalue weighted by Gasteiger charge is -2.35. The second-order valence-corrected chi connectivity index (χ2v) is 8.03. The summed E-state index contributed by atoms with van der Waals surface area (Å²) < 4.78 is 2.12. The molecule has 2 heterocycles. The van der Waals surface area contributed by atoms with E-state index in [4.69, 9.17) is 0 Å². The number of rotatable bonds is 5. The predicted octanol–water partition coefficient (Wildman–Crippen LogP) is 2.52. The van der Waals surface area contributed by atoms with E-state index in [9.17, 15) is 4.79 Å². The molecular formula is C21H28N4O. The van der Waals surface area contributed by atoms with Gasteiger partial charge in [-0.25, -0.2) is 0 Å². The fraction of sp³-hybridized carbons (Fsp3) is 0.524. The molecule has 0 saturated heterocycles. The molecule has 1 aromatic carbocycles. The Kier molecular flexibility index (Phi) is 4.81. The zero-order valence-corrected chi connectivity index (χ0v) is 15.8. The third-order valence-corrected chi connectivity index (χ3v) is 5.74. The van der Waals surface area contributed by atoms with Gasteiger partial charge in [-0.3, -0.25) is 9.48 Å². The van der Waals surface area contributed by atoms with E-state index < -0.39 is 0 Å². The van der Waals surface area contributed by atoms with E-state index in [1.807, 2.05) is 12.3 Å². The van der Waals surface area contributed by atoms with E-state index >= 15 is 0 Å².